The highest BCUT2D eigenvalue weighted by molar-refractivity contribution is 7.22. The van der Waals surface area contributed by atoms with Gasteiger partial charge in [0.1, 0.15) is 12.1 Å². The van der Waals surface area contributed by atoms with Crippen molar-refractivity contribution in [1.82, 2.24) is 20.2 Å². The molecule has 1 aliphatic rings. The Morgan fingerprint density at radius 2 is 1.87 bits per heavy atom. The Labute approximate surface area is 191 Å². The van der Waals surface area contributed by atoms with E-state index >= 15 is 0 Å². The minimum absolute atomic E-state index is 0. The predicted octanol–water partition coefficient (Wildman–Crippen LogP) is 4.63. The first-order chi connectivity index (χ1) is 14.7. The molecule has 8 heteroatoms. The number of thiophene rings is 1. The van der Waals surface area contributed by atoms with Crippen molar-refractivity contribution in [3.8, 4) is 16.2 Å². The van der Waals surface area contributed by atoms with E-state index in [4.69, 9.17) is 0 Å². The summed E-state index contributed by atoms with van der Waals surface area (Å²) in [6.45, 7) is 5.28. The number of nitrogens with one attached hydrogen (secondary N) is 2. The molecule has 2 aromatic heterocycles. The van der Waals surface area contributed by atoms with E-state index in [1.54, 1.807) is 35.9 Å². The predicted molar refractivity (Wildman–Crippen MR) is 130 cm³/mol. The van der Waals surface area contributed by atoms with Crippen LogP contribution in [0.5, 0.6) is 5.75 Å². The van der Waals surface area contributed by atoms with Gasteiger partial charge in [-0.25, -0.2) is 9.97 Å². The van der Waals surface area contributed by atoms with Gasteiger partial charge in [-0.15, -0.1) is 23.7 Å². The SMILES string of the molecule is Cl.Oc1cccc(Nc2ncnc3cc(-c4cccc(CN5CCNCC5)c4)sc23)c1. The first-order valence-electron chi connectivity index (χ1n) is 10.1. The van der Waals surface area contributed by atoms with Crippen LogP contribution in [0.15, 0.2) is 60.9 Å². The molecule has 0 unspecified atom stereocenters. The molecular formula is C23H24ClN5OS. The van der Waals surface area contributed by atoms with E-state index in [0.29, 0.717) is 0 Å². The van der Waals surface area contributed by atoms with Crippen LogP contribution in [0.3, 0.4) is 0 Å². The van der Waals surface area contributed by atoms with Gasteiger partial charge in [0.05, 0.1) is 10.2 Å². The van der Waals surface area contributed by atoms with Crippen LogP contribution in [0.1, 0.15) is 5.56 Å². The maximum absolute atomic E-state index is 9.72. The number of hydrogen-bond donors (Lipinski definition) is 3. The van der Waals surface area contributed by atoms with Gasteiger partial charge in [-0.05, 0) is 35.4 Å². The van der Waals surface area contributed by atoms with E-state index in [-0.39, 0.29) is 18.2 Å². The van der Waals surface area contributed by atoms with Crippen LogP contribution in [-0.4, -0.2) is 46.2 Å². The molecule has 0 aliphatic carbocycles. The van der Waals surface area contributed by atoms with Crippen LogP contribution < -0.4 is 10.6 Å². The summed E-state index contributed by atoms with van der Waals surface area (Å²) in [5, 5.41) is 16.4. The Hall–Kier alpha value is -2.71. The molecule has 0 bridgehead atoms. The van der Waals surface area contributed by atoms with Crippen LogP contribution in [-0.2, 0) is 6.54 Å². The van der Waals surface area contributed by atoms with Gasteiger partial charge in [0.15, 0.2) is 5.82 Å². The van der Waals surface area contributed by atoms with Gasteiger partial charge < -0.3 is 15.7 Å². The Morgan fingerprint density at radius 1 is 1.03 bits per heavy atom. The van der Waals surface area contributed by atoms with E-state index < -0.39 is 0 Å². The molecule has 2 aromatic carbocycles. The minimum atomic E-state index is 0. The Kier molecular flexibility index (Phi) is 6.67. The molecule has 0 spiro atoms. The monoisotopic (exact) mass is 453 g/mol. The zero-order valence-electron chi connectivity index (χ0n) is 16.9. The molecule has 3 heterocycles. The molecular weight excluding hydrogens is 430 g/mol. The fourth-order valence-corrected chi connectivity index (χ4v) is 4.81. The molecule has 1 aliphatic heterocycles. The molecule has 0 atom stereocenters. The second kappa shape index (κ2) is 9.62. The molecule has 5 rings (SSSR count). The second-order valence-electron chi connectivity index (χ2n) is 7.45. The number of aromatic hydroxyl groups is 1. The number of piperazine rings is 1. The van der Waals surface area contributed by atoms with Crippen molar-refractivity contribution in [3.05, 3.63) is 66.5 Å². The number of phenolic OH excluding ortho intramolecular Hbond substituents is 1. The average Bonchev–Trinajstić information content (AvgIpc) is 3.20. The highest BCUT2D eigenvalue weighted by Gasteiger charge is 2.13. The van der Waals surface area contributed by atoms with Gasteiger partial charge in [-0.2, -0.15) is 0 Å². The third kappa shape index (κ3) is 4.97. The quantitative estimate of drug-likeness (QED) is 0.409. The summed E-state index contributed by atoms with van der Waals surface area (Å²) in [6.07, 6.45) is 1.57. The van der Waals surface area contributed by atoms with Crippen LogP contribution in [0.25, 0.3) is 20.7 Å². The van der Waals surface area contributed by atoms with Gasteiger partial charge in [0, 0.05) is 49.4 Å². The molecule has 3 N–H and O–H groups in total. The molecule has 0 saturated carbocycles. The van der Waals surface area contributed by atoms with Crippen molar-refractivity contribution in [2.24, 2.45) is 0 Å². The number of anilines is 2. The standard InChI is InChI=1S/C23H23N5OS.ClH/c29-19-6-2-5-18(12-19)27-23-22-20(25-15-26-23)13-21(30-22)17-4-1-3-16(11-17)14-28-9-7-24-8-10-28;/h1-6,11-13,15,24,29H,7-10,14H2,(H,25,26,27);1H. The number of hydrogen-bond acceptors (Lipinski definition) is 7. The summed E-state index contributed by atoms with van der Waals surface area (Å²) in [5.41, 5.74) is 4.24. The van der Waals surface area contributed by atoms with E-state index in [0.717, 1.165) is 54.4 Å². The fourth-order valence-electron chi connectivity index (χ4n) is 3.76. The molecule has 31 heavy (non-hydrogen) atoms. The Balaban J connectivity index is 0.00000231. The number of halogens is 1. The largest absolute Gasteiger partial charge is 0.508 e. The average molecular weight is 454 g/mol. The maximum atomic E-state index is 9.72. The van der Waals surface area contributed by atoms with Crippen LogP contribution in [0.4, 0.5) is 11.5 Å². The number of aromatic nitrogens is 2. The fraction of sp³-hybridized carbons (Fsp3) is 0.217. The van der Waals surface area contributed by atoms with E-state index in [2.05, 4.69) is 55.8 Å². The molecule has 4 aromatic rings. The summed E-state index contributed by atoms with van der Waals surface area (Å²) in [4.78, 5) is 12.5. The number of benzene rings is 2. The summed E-state index contributed by atoms with van der Waals surface area (Å²) < 4.78 is 1.00. The number of phenols is 1. The van der Waals surface area contributed by atoms with Crippen LogP contribution in [0.2, 0.25) is 0 Å². The lowest BCUT2D eigenvalue weighted by atomic mass is 10.1. The highest BCUT2D eigenvalue weighted by atomic mass is 35.5. The molecule has 1 fully saturated rings. The number of nitrogens with zero attached hydrogens (tertiary/aromatic N) is 3. The summed E-state index contributed by atoms with van der Waals surface area (Å²) in [6, 6.07) is 17.9. The molecule has 6 nitrogen and oxygen atoms in total. The Bertz CT molecular complexity index is 1180. The molecule has 160 valence electrons. The minimum Gasteiger partial charge on any atom is -0.508 e. The van der Waals surface area contributed by atoms with E-state index in [9.17, 15) is 5.11 Å². The Morgan fingerprint density at radius 3 is 2.71 bits per heavy atom. The lowest BCUT2D eigenvalue weighted by Gasteiger charge is -2.27. The first kappa shape index (κ1) is 21.5. The molecule has 1 saturated heterocycles. The number of fused-ring (bicyclic) bond motifs is 1. The van der Waals surface area contributed by atoms with Crippen molar-refractivity contribution in [1.29, 1.82) is 0 Å². The van der Waals surface area contributed by atoms with Crippen molar-refractivity contribution < 1.29 is 5.11 Å². The lowest BCUT2D eigenvalue weighted by molar-refractivity contribution is 0.233. The zero-order valence-corrected chi connectivity index (χ0v) is 18.5. The van der Waals surface area contributed by atoms with Crippen LogP contribution in [0, 0.1) is 0 Å². The van der Waals surface area contributed by atoms with Crippen molar-refractivity contribution >= 4 is 45.5 Å². The molecule has 0 amide bonds. The van der Waals surface area contributed by atoms with Gasteiger partial charge >= 0.3 is 0 Å². The zero-order chi connectivity index (χ0) is 20.3. The topological polar surface area (TPSA) is 73.3 Å². The number of rotatable bonds is 5. The second-order valence-corrected chi connectivity index (χ2v) is 8.50. The van der Waals surface area contributed by atoms with Crippen molar-refractivity contribution in [2.75, 3.05) is 31.5 Å². The first-order valence-corrected chi connectivity index (χ1v) is 10.9. The van der Waals surface area contributed by atoms with Crippen molar-refractivity contribution in [2.45, 2.75) is 6.54 Å². The van der Waals surface area contributed by atoms with Gasteiger partial charge in [0.25, 0.3) is 0 Å². The van der Waals surface area contributed by atoms with E-state index in [1.165, 1.54) is 16.0 Å². The third-order valence-electron chi connectivity index (χ3n) is 5.25. The highest BCUT2D eigenvalue weighted by Crippen LogP contribution is 2.37. The smallest absolute Gasteiger partial charge is 0.151 e. The van der Waals surface area contributed by atoms with Gasteiger partial charge in [-0.1, -0.05) is 24.3 Å². The lowest BCUT2D eigenvalue weighted by Crippen LogP contribution is -2.42. The normalized spacial score (nSPS) is 14.3. The van der Waals surface area contributed by atoms with Crippen LogP contribution >= 0.6 is 23.7 Å². The van der Waals surface area contributed by atoms with Gasteiger partial charge in [0.2, 0.25) is 0 Å². The van der Waals surface area contributed by atoms with E-state index in [1.807, 2.05) is 6.07 Å². The van der Waals surface area contributed by atoms with Gasteiger partial charge in [-0.3, -0.25) is 4.90 Å². The third-order valence-corrected chi connectivity index (χ3v) is 6.43. The maximum Gasteiger partial charge on any atom is 0.151 e. The summed E-state index contributed by atoms with van der Waals surface area (Å²) in [5.74, 6) is 0.970. The molecule has 0 radical (unpaired) electrons. The summed E-state index contributed by atoms with van der Waals surface area (Å²) in [7, 11) is 0. The van der Waals surface area contributed by atoms with Crippen molar-refractivity contribution in [3.63, 3.8) is 0 Å². The summed E-state index contributed by atoms with van der Waals surface area (Å²) >= 11 is 1.68.